The fraction of sp³-hybridized carbons (Fsp3) is 0.364. The van der Waals surface area contributed by atoms with Crippen LogP contribution in [-0.4, -0.2) is 12.4 Å². The average molecular weight is 193 g/mol. The number of benzene rings is 1. The van der Waals surface area contributed by atoms with Crippen molar-refractivity contribution in [3.05, 3.63) is 23.8 Å². The molecule has 0 amide bonds. The van der Waals surface area contributed by atoms with Gasteiger partial charge in [0, 0.05) is 5.56 Å². The second kappa shape index (κ2) is 4.65. The number of rotatable bonds is 4. The summed E-state index contributed by atoms with van der Waals surface area (Å²) in [6.45, 7) is 4.19. The Labute approximate surface area is 83.9 Å². The molecule has 1 rings (SSSR count). The number of carbonyl (C=O) groups excluding carboxylic acids is 1. The highest BCUT2D eigenvalue weighted by molar-refractivity contribution is 5.95. The van der Waals surface area contributed by atoms with Gasteiger partial charge in [-0.25, -0.2) is 0 Å². The van der Waals surface area contributed by atoms with E-state index in [1.165, 1.54) is 6.92 Å². The number of ketones is 1. The summed E-state index contributed by atoms with van der Waals surface area (Å²) < 4.78 is 5.38. The van der Waals surface area contributed by atoms with Gasteiger partial charge in [-0.05, 0) is 31.5 Å². The third-order valence-corrected chi connectivity index (χ3v) is 1.88. The summed E-state index contributed by atoms with van der Waals surface area (Å²) in [6, 6.07) is 5.11. The molecule has 0 unspecified atom stereocenters. The highest BCUT2D eigenvalue weighted by atomic mass is 16.5. The lowest BCUT2D eigenvalue weighted by molar-refractivity contribution is 0.101. The van der Waals surface area contributed by atoms with Crippen molar-refractivity contribution in [1.82, 2.24) is 0 Å². The van der Waals surface area contributed by atoms with E-state index in [1.807, 2.05) is 6.92 Å². The van der Waals surface area contributed by atoms with Crippen molar-refractivity contribution in [3.8, 4) is 5.75 Å². The van der Waals surface area contributed by atoms with E-state index in [0.29, 0.717) is 23.6 Å². The molecule has 0 aliphatic heterocycles. The van der Waals surface area contributed by atoms with Gasteiger partial charge in [-0.3, -0.25) is 4.79 Å². The van der Waals surface area contributed by atoms with Crippen molar-refractivity contribution in [1.29, 1.82) is 0 Å². The van der Waals surface area contributed by atoms with Crippen LogP contribution >= 0.6 is 0 Å². The molecule has 0 saturated carbocycles. The van der Waals surface area contributed by atoms with Gasteiger partial charge in [0.2, 0.25) is 0 Å². The highest BCUT2D eigenvalue weighted by Gasteiger charge is 2.04. The minimum atomic E-state index is 0.0127. The zero-order valence-electron chi connectivity index (χ0n) is 8.54. The summed E-state index contributed by atoms with van der Waals surface area (Å²) in [7, 11) is 0. The van der Waals surface area contributed by atoms with E-state index >= 15 is 0 Å². The summed E-state index contributed by atoms with van der Waals surface area (Å²) in [6.07, 6.45) is 0.938. The van der Waals surface area contributed by atoms with Crippen LogP contribution in [0, 0.1) is 0 Å². The fourth-order valence-corrected chi connectivity index (χ4v) is 1.11. The number of ether oxygens (including phenoxy) is 1. The van der Waals surface area contributed by atoms with Crippen LogP contribution in [0.1, 0.15) is 30.6 Å². The summed E-state index contributed by atoms with van der Waals surface area (Å²) in [5.41, 5.74) is 6.86. The summed E-state index contributed by atoms with van der Waals surface area (Å²) in [5, 5.41) is 0. The maximum atomic E-state index is 11.0. The molecule has 76 valence electrons. The maximum Gasteiger partial charge on any atom is 0.159 e. The Balaban J connectivity index is 2.84. The van der Waals surface area contributed by atoms with E-state index in [9.17, 15) is 4.79 Å². The molecule has 0 fully saturated rings. The third kappa shape index (κ3) is 2.49. The standard InChI is InChI=1S/C11H15NO2/c1-3-6-14-11-5-4-9(8(2)13)7-10(11)12/h4-5,7H,3,6,12H2,1-2H3. The first-order valence-electron chi connectivity index (χ1n) is 4.68. The predicted molar refractivity (Wildman–Crippen MR) is 56.6 cm³/mol. The molecule has 0 aromatic heterocycles. The molecule has 2 N–H and O–H groups in total. The van der Waals surface area contributed by atoms with Gasteiger partial charge in [0.25, 0.3) is 0 Å². The molecule has 0 aliphatic carbocycles. The molecule has 3 heteroatoms. The Bertz CT molecular complexity index is 334. The van der Waals surface area contributed by atoms with Gasteiger partial charge < -0.3 is 10.5 Å². The lowest BCUT2D eigenvalue weighted by Gasteiger charge is -2.08. The lowest BCUT2D eigenvalue weighted by Crippen LogP contribution is -2.01. The van der Waals surface area contributed by atoms with Crippen LogP contribution in [-0.2, 0) is 0 Å². The molecule has 0 spiro atoms. The Kier molecular flexibility index (Phi) is 3.51. The van der Waals surface area contributed by atoms with Crippen LogP contribution in [0.25, 0.3) is 0 Å². The number of anilines is 1. The van der Waals surface area contributed by atoms with Crippen molar-refractivity contribution >= 4 is 11.5 Å². The van der Waals surface area contributed by atoms with Gasteiger partial charge in [0.1, 0.15) is 5.75 Å². The van der Waals surface area contributed by atoms with Gasteiger partial charge in [-0.2, -0.15) is 0 Å². The summed E-state index contributed by atoms with van der Waals surface area (Å²) >= 11 is 0. The van der Waals surface area contributed by atoms with E-state index in [-0.39, 0.29) is 5.78 Å². The van der Waals surface area contributed by atoms with Gasteiger partial charge >= 0.3 is 0 Å². The Hall–Kier alpha value is -1.51. The first-order valence-corrected chi connectivity index (χ1v) is 4.68. The molecule has 0 atom stereocenters. The van der Waals surface area contributed by atoms with Gasteiger partial charge in [0.05, 0.1) is 12.3 Å². The van der Waals surface area contributed by atoms with Crippen molar-refractivity contribution in [3.63, 3.8) is 0 Å². The SMILES string of the molecule is CCCOc1ccc(C(C)=O)cc1N. The van der Waals surface area contributed by atoms with E-state index in [1.54, 1.807) is 18.2 Å². The average Bonchev–Trinajstić information content (AvgIpc) is 2.15. The molecule has 0 radical (unpaired) electrons. The zero-order valence-corrected chi connectivity index (χ0v) is 8.54. The van der Waals surface area contributed by atoms with Crippen molar-refractivity contribution in [2.45, 2.75) is 20.3 Å². The lowest BCUT2D eigenvalue weighted by atomic mass is 10.1. The van der Waals surface area contributed by atoms with Crippen molar-refractivity contribution in [2.24, 2.45) is 0 Å². The van der Waals surface area contributed by atoms with Crippen molar-refractivity contribution < 1.29 is 9.53 Å². The molecule has 3 nitrogen and oxygen atoms in total. The normalized spacial score (nSPS) is 9.86. The van der Waals surface area contributed by atoms with E-state index in [2.05, 4.69) is 0 Å². The molecule has 0 bridgehead atoms. The van der Waals surface area contributed by atoms with Gasteiger partial charge in [0.15, 0.2) is 5.78 Å². The quantitative estimate of drug-likeness (QED) is 0.589. The van der Waals surface area contributed by atoms with Gasteiger partial charge in [-0.15, -0.1) is 0 Å². The van der Waals surface area contributed by atoms with Crippen molar-refractivity contribution in [2.75, 3.05) is 12.3 Å². The van der Waals surface area contributed by atoms with E-state index < -0.39 is 0 Å². The maximum absolute atomic E-state index is 11.0. The third-order valence-electron chi connectivity index (χ3n) is 1.88. The summed E-state index contributed by atoms with van der Waals surface area (Å²) in [5.74, 6) is 0.663. The number of Topliss-reactive ketones (excluding diaryl/α,β-unsaturated/α-hetero) is 1. The van der Waals surface area contributed by atoms with Crippen LogP contribution in [0.4, 0.5) is 5.69 Å². The fourth-order valence-electron chi connectivity index (χ4n) is 1.11. The van der Waals surface area contributed by atoms with Gasteiger partial charge in [-0.1, -0.05) is 6.92 Å². The topological polar surface area (TPSA) is 52.3 Å². The van der Waals surface area contributed by atoms with E-state index in [0.717, 1.165) is 6.42 Å². The van der Waals surface area contributed by atoms with Crippen LogP contribution in [0.2, 0.25) is 0 Å². The number of carbonyl (C=O) groups is 1. The molecule has 14 heavy (non-hydrogen) atoms. The molecule has 0 heterocycles. The number of nitrogen functional groups attached to an aromatic ring is 1. The molecule has 1 aromatic carbocycles. The molecule has 0 aliphatic rings. The Morgan fingerprint density at radius 1 is 1.50 bits per heavy atom. The first-order chi connectivity index (χ1) is 6.65. The molecular formula is C11H15NO2. The molecular weight excluding hydrogens is 178 g/mol. The second-order valence-corrected chi connectivity index (χ2v) is 3.16. The van der Waals surface area contributed by atoms with Crippen LogP contribution < -0.4 is 10.5 Å². The Morgan fingerprint density at radius 2 is 2.21 bits per heavy atom. The highest BCUT2D eigenvalue weighted by Crippen LogP contribution is 2.22. The second-order valence-electron chi connectivity index (χ2n) is 3.16. The van der Waals surface area contributed by atoms with Crippen LogP contribution in [0.3, 0.4) is 0 Å². The monoisotopic (exact) mass is 193 g/mol. The largest absolute Gasteiger partial charge is 0.491 e. The minimum Gasteiger partial charge on any atom is -0.491 e. The smallest absolute Gasteiger partial charge is 0.159 e. The summed E-state index contributed by atoms with van der Waals surface area (Å²) in [4.78, 5) is 11.0. The van der Waals surface area contributed by atoms with E-state index in [4.69, 9.17) is 10.5 Å². The first kappa shape index (κ1) is 10.6. The van der Waals surface area contributed by atoms with Crippen LogP contribution in [0.15, 0.2) is 18.2 Å². The number of hydrogen-bond acceptors (Lipinski definition) is 3. The molecule has 1 aromatic rings. The predicted octanol–water partition coefficient (Wildman–Crippen LogP) is 2.26. The zero-order chi connectivity index (χ0) is 10.6. The molecule has 0 saturated heterocycles. The minimum absolute atomic E-state index is 0.0127. The number of nitrogens with two attached hydrogens (primary N) is 1. The number of hydrogen-bond donors (Lipinski definition) is 1. The van der Waals surface area contributed by atoms with Crippen LogP contribution in [0.5, 0.6) is 5.75 Å². The Morgan fingerprint density at radius 3 is 2.71 bits per heavy atom.